The lowest BCUT2D eigenvalue weighted by Gasteiger charge is -2.28. The molecule has 0 radical (unpaired) electrons. The second-order valence-corrected chi connectivity index (χ2v) is 6.56. The van der Waals surface area contributed by atoms with E-state index in [2.05, 4.69) is 21.6 Å². The third-order valence-electron chi connectivity index (χ3n) is 4.74. The molecule has 2 aromatic rings. The molecule has 6 nitrogen and oxygen atoms in total. The first-order valence-electron chi connectivity index (χ1n) is 8.13. The standard InChI is InChI=1S/C16H23N5O/c1-19-15-5-8-20(9-13(22)10-21-7-2-6-17-21)11-14(15)18-16(19)12-3-4-12/h2,6-7,12-13,22H,3-5,8-11H2,1H3/t13-/m0/s1. The highest BCUT2D eigenvalue weighted by Crippen LogP contribution is 2.40. The van der Waals surface area contributed by atoms with Crippen molar-refractivity contribution in [3.05, 3.63) is 35.7 Å². The van der Waals surface area contributed by atoms with Crippen molar-refractivity contribution in [3.63, 3.8) is 0 Å². The van der Waals surface area contributed by atoms with Crippen LogP contribution in [-0.4, -0.2) is 48.5 Å². The predicted molar refractivity (Wildman–Crippen MR) is 82.4 cm³/mol. The fourth-order valence-electron chi connectivity index (χ4n) is 3.45. The van der Waals surface area contributed by atoms with Gasteiger partial charge >= 0.3 is 0 Å². The first kappa shape index (κ1) is 14.0. The van der Waals surface area contributed by atoms with Gasteiger partial charge in [-0.2, -0.15) is 5.10 Å². The van der Waals surface area contributed by atoms with Crippen molar-refractivity contribution in [1.29, 1.82) is 0 Å². The number of rotatable bonds is 5. The molecule has 118 valence electrons. The van der Waals surface area contributed by atoms with Gasteiger partial charge in [-0.3, -0.25) is 9.58 Å². The normalized spacial score (nSPS) is 20.1. The summed E-state index contributed by atoms with van der Waals surface area (Å²) in [6, 6.07) is 1.88. The molecule has 1 saturated carbocycles. The van der Waals surface area contributed by atoms with Crippen LogP contribution in [0.1, 0.15) is 36.0 Å². The molecular formula is C16H23N5O. The molecule has 2 aromatic heterocycles. The first-order chi connectivity index (χ1) is 10.7. The molecule has 3 heterocycles. The summed E-state index contributed by atoms with van der Waals surface area (Å²) in [5.74, 6) is 1.96. The quantitative estimate of drug-likeness (QED) is 0.892. The Labute approximate surface area is 130 Å². The van der Waals surface area contributed by atoms with Crippen LogP contribution >= 0.6 is 0 Å². The summed E-state index contributed by atoms with van der Waals surface area (Å²) < 4.78 is 4.09. The van der Waals surface area contributed by atoms with Crippen molar-refractivity contribution in [2.24, 2.45) is 7.05 Å². The number of aromatic nitrogens is 4. The van der Waals surface area contributed by atoms with E-state index < -0.39 is 6.10 Å². The summed E-state index contributed by atoms with van der Waals surface area (Å²) in [7, 11) is 2.15. The molecule has 0 bridgehead atoms. The van der Waals surface area contributed by atoms with Crippen molar-refractivity contribution in [2.75, 3.05) is 13.1 Å². The molecule has 22 heavy (non-hydrogen) atoms. The largest absolute Gasteiger partial charge is 0.390 e. The van der Waals surface area contributed by atoms with E-state index in [4.69, 9.17) is 4.98 Å². The van der Waals surface area contributed by atoms with E-state index in [0.29, 0.717) is 19.0 Å². The van der Waals surface area contributed by atoms with Crippen LogP contribution in [-0.2, 0) is 26.6 Å². The number of nitrogens with zero attached hydrogens (tertiary/aromatic N) is 5. The van der Waals surface area contributed by atoms with Gasteiger partial charge in [0.15, 0.2) is 0 Å². The van der Waals surface area contributed by atoms with E-state index in [-0.39, 0.29) is 0 Å². The number of fused-ring (bicyclic) bond motifs is 1. The van der Waals surface area contributed by atoms with Crippen molar-refractivity contribution in [1.82, 2.24) is 24.2 Å². The Morgan fingerprint density at radius 3 is 2.95 bits per heavy atom. The molecule has 2 aliphatic rings. The topological polar surface area (TPSA) is 59.1 Å². The molecule has 1 fully saturated rings. The average molecular weight is 301 g/mol. The molecule has 0 spiro atoms. The maximum atomic E-state index is 10.3. The monoisotopic (exact) mass is 301 g/mol. The van der Waals surface area contributed by atoms with E-state index >= 15 is 0 Å². The van der Waals surface area contributed by atoms with E-state index in [9.17, 15) is 5.11 Å². The third kappa shape index (κ3) is 2.68. The van der Waals surface area contributed by atoms with Gasteiger partial charge in [-0.05, 0) is 18.9 Å². The Hall–Kier alpha value is -1.66. The summed E-state index contributed by atoms with van der Waals surface area (Å²) >= 11 is 0. The Balaban J connectivity index is 1.40. The number of imidazole rings is 1. The van der Waals surface area contributed by atoms with Gasteiger partial charge < -0.3 is 9.67 Å². The smallest absolute Gasteiger partial charge is 0.112 e. The number of hydrogen-bond donors (Lipinski definition) is 1. The van der Waals surface area contributed by atoms with Crippen LogP contribution in [0.3, 0.4) is 0 Å². The second-order valence-electron chi connectivity index (χ2n) is 6.56. The lowest BCUT2D eigenvalue weighted by Crippen LogP contribution is -2.38. The van der Waals surface area contributed by atoms with Gasteiger partial charge in [0.25, 0.3) is 0 Å². The fourth-order valence-corrected chi connectivity index (χ4v) is 3.45. The zero-order valence-corrected chi connectivity index (χ0v) is 13.0. The van der Waals surface area contributed by atoms with E-state index in [1.54, 1.807) is 10.9 Å². The van der Waals surface area contributed by atoms with Gasteiger partial charge in [0.1, 0.15) is 5.82 Å². The SMILES string of the molecule is Cn1c(C2CC2)nc2c1CCN(C[C@H](O)Cn1cccn1)C2. The number of β-amino-alcohol motifs (C(OH)–C–C–N with tert-alkyl or cyclic N) is 1. The minimum Gasteiger partial charge on any atom is -0.390 e. The van der Waals surface area contributed by atoms with Crippen LogP contribution < -0.4 is 0 Å². The van der Waals surface area contributed by atoms with Gasteiger partial charge in [-0.25, -0.2) is 4.98 Å². The molecule has 1 atom stereocenters. The van der Waals surface area contributed by atoms with Crippen LogP contribution in [0.15, 0.2) is 18.5 Å². The molecule has 6 heteroatoms. The summed E-state index contributed by atoms with van der Waals surface area (Å²) in [4.78, 5) is 7.17. The Morgan fingerprint density at radius 1 is 1.36 bits per heavy atom. The average Bonchev–Trinajstić information content (AvgIpc) is 3.12. The number of hydrogen-bond acceptors (Lipinski definition) is 4. The highest BCUT2D eigenvalue weighted by Gasteiger charge is 2.32. The molecule has 0 unspecified atom stereocenters. The highest BCUT2D eigenvalue weighted by molar-refractivity contribution is 5.23. The minimum absolute atomic E-state index is 0.395. The van der Waals surface area contributed by atoms with Gasteiger partial charge in [-0.1, -0.05) is 0 Å². The summed E-state index contributed by atoms with van der Waals surface area (Å²) in [5.41, 5.74) is 2.60. The molecule has 1 N–H and O–H groups in total. The van der Waals surface area contributed by atoms with Crippen LogP contribution in [0.4, 0.5) is 0 Å². The summed E-state index contributed by atoms with van der Waals surface area (Å²) in [6.07, 6.45) is 6.84. The molecule has 1 aliphatic carbocycles. The zero-order valence-electron chi connectivity index (χ0n) is 13.0. The van der Waals surface area contributed by atoms with E-state index in [1.807, 2.05) is 12.3 Å². The van der Waals surface area contributed by atoms with Gasteiger partial charge in [0, 0.05) is 57.1 Å². The number of aliphatic hydroxyl groups is 1. The zero-order chi connectivity index (χ0) is 15.1. The molecule has 0 saturated heterocycles. The van der Waals surface area contributed by atoms with Gasteiger partial charge in [0.2, 0.25) is 0 Å². The highest BCUT2D eigenvalue weighted by atomic mass is 16.3. The van der Waals surface area contributed by atoms with Gasteiger partial charge in [-0.15, -0.1) is 0 Å². The van der Waals surface area contributed by atoms with Crippen LogP contribution in [0.5, 0.6) is 0 Å². The first-order valence-corrected chi connectivity index (χ1v) is 8.13. The predicted octanol–water partition coefficient (Wildman–Crippen LogP) is 0.913. The lowest BCUT2D eigenvalue weighted by molar-refractivity contribution is 0.0879. The Bertz CT molecular complexity index is 644. The molecular weight excluding hydrogens is 278 g/mol. The van der Waals surface area contributed by atoms with Gasteiger partial charge in [0.05, 0.1) is 18.3 Å². The summed E-state index contributed by atoms with van der Waals surface area (Å²) in [5, 5.41) is 14.4. The third-order valence-corrected chi connectivity index (χ3v) is 4.74. The van der Waals surface area contributed by atoms with Crippen molar-refractivity contribution in [2.45, 2.75) is 44.4 Å². The van der Waals surface area contributed by atoms with Crippen molar-refractivity contribution >= 4 is 0 Å². The van der Waals surface area contributed by atoms with Crippen LogP contribution in [0.2, 0.25) is 0 Å². The van der Waals surface area contributed by atoms with Crippen molar-refractivity contribution in [3.8, 4) is 0 Å². The molecule has 0 aromatic carbocycles. The number of aliphatic hydroxyl groups excluding tert-OH is 1. The van der Waals surface area contributed by atoms with E-state index in [1.165, 1.54) is 30.1 Å². The minimum atomic E-state index is -0.395. The maximum Gasteiger partial charge on any atom is 0.112 e. The Kier molecular flexibility index (Phi) is 3.50. The van der Waals surface area contributed by atoms with E-state index in [0.717, 1.165) is 19.5 Å². The maximum absolute atomic E-state index is 10.3. The Morgan fingerprint density at radius 2 is 2.23 bits per heavy atom. The molecule has 0 amide bonds. The molecule has 1 aliphatic heterocycles. The summed E-state index contributed by atoms with van der Waals surface area (Å²) in [6.45, 7) is 3.07. The lowest BCUT2D eigenvalue weighted by atomic mass is 10.1. The van der Waals surface area contributed by atoms with Crippen LogP contribution in [0.25, 0.3) is 0 Å². The van der Waals surface area contributed by atoms with Crippen LogP contribution in [0, 0.1) is 0 Å². The molecule has 4 rings (SSSR count). The van der Waals surface area contributed by atoms with Crippen molar-refractivity contribution < 1.29 is 5.11 Å². The second kappa shape index (κ2) is 5.52. The fraction of sp³-hybridized carbons (Fsp3) is 0.625.